The fourth-order valence-electron chi connectivity index (χ4n) is 3.12. The minimum atomic E-state index is -3.56. The van der Waals surface area contributed by atoms with Crippen LogP contribution in [0.1, 0.15) is 35.2 Å². The predicted octanol–water partition coefficient (Wildman–Crippen LogP) is 3.54. The molecule has 144 valence electrons. The summed E-state index contributed by atoms with van der Waals surface area (Å²) in [5.74, 6) is -0.308. The molecule has 27 heavy (non-hydrogen) atoms. The second-order valence-corrected chi connectivity index (χ2v) is 9.16. The van der Waals surface area contributed by atoms with Gasteiger partial charge in [-0.2, -0.15) is 4.31 Å². The van der Waals surface area contributed by atoms with Crippen LogP contribution in [-0.4, -0.2) is 43.0 Å². The van der Waals surface area contributed by atoms with Gasteiger partial charge in [-0.15, -0.1) is 11.8 Å². The predicted molar refractivity (Wildman–Crippen MR) is 108 cm³/mol. The van der Waals surface area contributed by atoms with E-state index < -0.39 is 10.0 Å². The van der Waals surface area contributed by atoms with Gasteiger partial charge in [0.1, 0.15) is 5.03 Å². The summed E-state index contributed by atoms with van der Waals surface area (Å²) in [5, 5.41) is 3.43. The first-order chi connectivity index (χ1) is 12.9. The molecule has 1 aliphatic heterocycles. The molecule has 1 saturated heterocycles. The molecule has 0 saturated carbocycles. The van der Waals surface area contributed by atoms with E-state index in [1.807, 2.05) is 6.26 Å². The van der Waals surface area contributed by atoms with E-state index >= 15 is 0 Å². The van der Waals surface area contributed by atoms with E-state index in [0.717, 1.165) is 19.3 Å². The van der Waals surface area contributed by atoms with Crippen LogP contribution in [0.25, 0.3) is 0 Å². The zero-order chi connectivity index (χ0) is 19.4. The molecule has 0 atom stereocenters. The molecule has 2 aromatic rings. The number of anilines is 1. The van der Waals surface area contributed by atoms with Gasteiger partial charge in [-0.1, -0.05) is 12.5 Å². The van der Waals surface area contributed by atoms with Crippen LogP contribution < -0.4 is 5.32 Å². The van der Waals surface area contributed by atoms with Crippen molar-refractivity contribution in [1.29, 1.82) is 0 Å². The highest BCUT2D eigenvalue weighted by Crippen LogP contribution is 2.26. The Labute approximate surface area is 164 Å². The molecule has 0 spiro atoms. The van der Waals surface area contributed by atoms with Crippen molar-refractivity contribution in [3.63, 3.8) is 0 Å². The Bertz CT molecular complexity index is 939. The van der Waals surface area contributed by atoms with E-state index in [0.29, 0.717) is 34.9 Å². The van der Waals surface area contributed by atoms with Crippen molar-refractivity contribution in [3.8, 4) is 0 Å². The highest BCUT2D eigenvalue weighted by atomic mass is 32.2. The Balaban J connectivity index is 1.88. The van der Waals surface area contributed by atoms with Crippen molar-refractivity contribution in [2.45, 2.75) is 36.1 Å². The second kappa shape index (κ2) is 8.41. The van der Waals surface area contributed by atoms with Crippen molar-refractivity contribution >= 4 is 33.4 Å². The molecule has 0 radical (unpaired) electrons. The Hall–Kier alpha value is -1.90. The van der Waals surface area contributed by atoms with Gasteiger partial charge in [-0.05, 0) is 55.9 Å². The first-order valence-electron chi connectivity index (χ1n) is 8.84. The number of piperidine rings is 1. The van der Waals surface area contributed by atoms with E-state index in [1.165, 1.54) is 16.1 Å². The third kappa shape index (κ3) is 4.34. The molecular weight excluding hydrogens is 382 g/mol. The van der Waals surface area contributed by atoms with Gasteiger partial charge in [0.2, 0.25) is 10.0 Å². The lowest BCUT2D eigenvalue weighted by Gasteiger charge is -2.26. The van der Waals surface area contributed by atoms with Crippen LogP contribution in [0, 0.1) is 6.92 Å². The molecule has 1 N–H and O–H groups in total. The van der Waals surface area contributed by atoms with Gasteiger partial charge in [0, 0.05) is 25.0 Å². The van der Waals surface area contributed by atoms with E-state index in [1.54, 1.807) is 43.5 Å². The quantitative estimate of drug-likeness (QED) is 0.770. The summed E-state index contributed by atoms with van der Waals surface area (Å²) in [5.41, 5.74) is 1.59. The molecule has 6 nitrogen and oxygen atoms in total. The lowest BCUT2D eigenvalue weighted by Crippen LogP contribution is -2.36. The number of aromatic nitrogens is 1. The van der Waals surface area contributed by atoms with Crippen molar-refractivity contribution in [2.24, 2.45) is 0 Å². The average Bonchev–Trinajstić information content (AvgIpc) is 2.69. The van der Waals surface area contributed by atoms with Crippen LogP contribution in [0.5, 0.6) is 0 Å². The summed E-state index contributed by atoms with van der Waals surface area (Å²) in [4.78, 5) is 17.1. The summed E-state index contributed by atoms with van der Waals surface area (Å²) in [6, 6.07) is 8.40. The Morgan fingerprint density at radius 2 is 1.93 bits per heavy atom. The standard InChI is InChI=1S/C19H23N3O3S2/c1-14-8-9-15(21-18(23)16-7-6-10-20-19(16)26-2)13-17(14)27(24,25)22-11-4-3-5-12-22/h6-10,13H,3-5,11-12H2,1-2H3,(H,21,23). The number of thioether (sulfide) groups is 1. The van der Waals surface area contributed by atoms with Crippen LogP contribution >= 0.6 is 11.8 Å². The summed E-state index contributed by atoms with van der Waals surface area (Å²) in [7, 11) is -3.56. The van der Waals surface area contributed by atoms with Crippen LogP contribution in [0.4, 0.5) is 5.69 Å². The van der Waals surface area contributed by atoms with Crippen LogP contribution in [0.15, 0.2) is 46.5 Å². The lowest BCUT2D eigenvalue weighted by atomic mass is 10.2. The van der Waals surface area contributed by atoms with E-state index in [9.17, 15) is 13.2 Å². The van der Waals surface area contributed by atoms with Crippen molar-refractivity contribution in [1.82, 2.24) is 9.29 Å². The highest BCUT2D eigenvalue weighted by Gasteiger charge is 2.27. The van der Waals surface area contributed by atoms with Crippen LogP contribution in [0.3, 0.4) is 0 Å². The first-order valence-corrected chi connectivity index (χ1v) is 11.5. The smallest absolute Gasteiger partial charge is 0.258 e. The van der Waals surface area contributed by atoms with Crippen molar-refractivity contribution in [2.75, 3.05) is 24.7 Å². The Kier molecular flexibility index (Phi) is 6.18. The van der Waals surface area contributed by atoms with Crippen LogP contribution in [-0.2, 0) is 10.0 Å². The number of nitrogens with one attached hydrogen (secondary N) is 1. The maximum atomic E-state index is 13.0. The second-order valence-electron chi connectivity index (χ2n) is 6.46. The van der Waals surface area contributed by atoms with E-state index in [4.69, 9.17) is 0 Å². The van der Waals surface area contributed by atoms with Gasteiger partial charge in [0.05, 0.1) is 10.5 Å². The summed E-state index contributed by atoms with van der Waals surface area (Å²) in [6.45, 7) is 2.87. The number of carbonyl (C=O) groups excluding carboxylic acids is 1. The zero-order valence-electron chi connectivity index (χ0n) is 15.4. The van der Waals surface area contributed by atoms with Gasteiger partial charge < -0.3 is 5.32 Å². The fourth-order valence-corrected chi connectivity index (χ4v) is 5.44. The maximum Gasteiger partial charge on any atom is 0.258 e. The normalized spacial score (nSPS) is 15.5. The molecule has 1 aromatic heterocycles. The fraction of sp³-hybridized carbons (Fsp3) is 0.368. The van der Waals surface area contributed by atoms with Gasteiger partial charge in [-0.3, -0.25) is 4.79 Å². The lowest BCUT2D eigenvalue weighted by molar-refractivity contribution is 0.102. The van der Waals surface area contributed by atoms with E-state index in [-0.39, 0.29) is 10.8 Å². The molecule has 0 bridgehead atoms. The number of hydrogen-bond acceptors (Lipinski definition) is 5. The van der Waals surface area contributed by atoms with Gasteiger partial charge in [-0.25, -0.2) is 13.4 Å². The molecule has 0 unspecified atom stereocenters. The molecule has 2 heterocycles. The molecule has 8 heteroatoms. The third-order valence-electron chi connectivity index (χ3n) is 4.59. The maximum absolute atomic E-state index is 13.0. The number of sulfonamides is 1. The average molecular weight is 406 g/mol. The molecule has 1 aromatic carbocycles. The van der Waals surface area contributed by atoms with Gasteiger partial charge >= 0.3 is 0 Å². The largest absolute Gasteiger partial charge is 0.322 e. The van der Waals surface area contributed by atoms with Gasteiger partial charge in [0.15, 0.2) is 0 Å². The van der Waals surface area contributed by atoms with Crippen molar-refractivity contribution < 1.29 is 13.2 Å². The topological polar surface area (TPSA) is 79.4 Å². The number of carbonyl (C=O) groups is 1. The molecule has 0 aliphatic carbocycles. The SMILES string of the molecule is CSc1ncccc1C(=O)Nc1ccc(C)c(S(=O)(=O)N2CCCCC2)c1. The minimum absolute atomic E-state index is 0.249. The number of aryl methyl sites for hydroxylation is 1. The number of pyridine rings is 1. The number of rotatable bonds is 5. The summed E-state index contributed by atoms with van der Waals surface area (Å²) < 4.78 is 27.6. The number of nitrogens with zero attached hydrogens (tertiary/aromatic N) is 2. The molecule has 1 aliphatic rings. The molecule has 1 amide bonds. The summed E-state index contributed by atoms with van der Waals surface area (Å²) >= 11 is 1.39. The Morgan fingerprint density at radius 3 is 2.63 bits per heavy atom. The van der Waals surface area contributed by atoms with Crippen LogP contribution in [0.2, 0.25) is 0 Å². The number of benzene rings is 1. The summed E-state index contributed by atoms with van der Waals surface area (Å²) in [6.07, 6.45) is 6.32. The molecule has 3 rings (SSSR count). The monoisotopic (exact) mass is 405 g/mol. The highest BCUT2D eigenvalue weighted by molar-refractivity contribution is 7.98. The van der Waals surface area contributed by atoms with E-state index in [2.05, 4.69) is 10.3 Å². The van der Waals surface area contributed by atoms with Gasteiger partial charge in [0.25, 0.3) is 5.91 Å². The number of amides is 1. The molecule has 1 fully saturated rings. The number of hydrogen-bond donors (Lipinski definition) is 1. The Morgan fingerprint density at radius 1 is 1.19 bits per heavy atom. The molecular formula is C19H23N3O3S2. The zero-order valence-corrected chi connectivity index (χ0v) is 17.1. The third-order valence-corrected chi connectivity index (χ3v) is 7.34. The minimum Gasteiger partial charge on any atom is -0.322 e. The van der Waals surface area contributed by atoms with Crippen molar-refractivity contribution in [3.05, 3.63) is 47.7 Å². The first kappa shape index (κ1) is 19.9.